The lowest BCUT2D eigenvalue weighted by molar-refractivity contribution is 0.0954. The van der Waals surface area contributed by atoms with Crippen molar-refractivity contribution in [1.82, 2.24) is 24.8 Å². The number of carbonyl (C=O) groups excluding carboxylic acids is 1. The lowest BCUT2D eigenvalue weighted by Crippen LogP contribution is -2.25. The van der Waals surface area contributed by atoms with Crippen molar-refractivity contribution in [2.24, 2.45) is 0 Å². The van der Waals surface area contributed by atoms with Gasteiger partial charge >= 0.3 is 0 Å². The number of pyridine rings is 2. The van der Waals surface area contributed by atoms with E-state index in [1.54, 1.807) is 18.6 Å². The van der Waals surface area contributed by atoms with E-state index < -0.39 is 0 Å². The lowest BCUT2D eigenvalue weighted by Gasteiger charge is -2.08. The van der Waals surface area contributed by atoms with Crippen molar-refractivity contribution in [3.8, 4) is 0 Å². The van der Waals surface area contributed by atoms with Crippen molar-refractivity contribution in [1.29, 1.82) is 0 Å². The third-order valence-corrected chi connectivity index (χ3v) is 4.14. The van der Waals surface area contributed by atoms with Gasteiger partial charge in [-0.15, -0.1) is 0 Å². The number of nitrogens with zero attached hydrogens (tertiary/aromatic N) is 4. The van der Waals surface area contributed by atoms with Crippen molar-refractivity contribution >= 4 is 27.8 Å². The molecule has 25 heavy (non-hydrogen) atoms. The molecule has 6 nitrogen and oxygen atoms in total. The molecule has 0 aliphatic heterocycles. The molecule has 1 amide bonds. The number of rotatable bonds is 5. The summed E-state index contributed by atoms with van der Waals surface area (Å²) in [7, 11) is 0. The van der Waals surface area contributed by atoms with Crippen LogP contribution in [0.1, 0.15) is 16.8 Å². The van der Waals surface area contributed by atoms with Crippen LogP contribution in [0.4, 0.5) is 0 Å². The van der Waals surface area contributed by atoms with E-state index in [0.29, 0.717) is 17.6 Å². The highest BCUT2D eigenvalue weighted by molar-refractivity contribution is 6.04. The Hall–Kier alpha value is -3.28. The van der Waals surface area contributed by atoms with E-state index in [9.17, 15) is 4.79 Å². The van der Waals surface area contributed by atoms with Gasteiger partial charge in [-0.1, -0.05) is 12.1 Å². The highest BCUT2D eigenvalue weighted by Crippen LogP contribution is 2.14. The molecule has 1 aromatic carbocycles. The summed E-state index contributed by atoms with van der Waals surface area (Å²) in [6, 6.07) is 11.8. The molecule has 0 fully saturated rings. The molecule has 4 rings (SSSR count). The van der Waals surface area contributed by atoms with E-state index in [-0.39, 0.29) is 5.91 Å². The first-order valence-corrected chi connectivity index (χ1v) is 8.20. The molecule has 0 unspecified atom stereocenters. The molecule has 3 heterocycles. The fourth-order valence-corrected chi connectivity index (χ4v) is 2.90. The van der Waals surface area contributed by atoms with Gasteiger partial charge in [0.05, 0.1) is 28.4 Å². The molecular formula is C19H17N5O. The Morgan fingerprint density at radius 3 is 2.96 bits per heavy atom. The maximum absolute atomic E-state index is 12.4. The third-order valence-electron chi connectivity index (χ3n) is 4.14. The number of aryl methyl sites for hydroxylation is 1. The average molecular weight is 331 g/mol. The van der Waals surface area contributed by atoms with Gasteiger partial charge in [-0.05, 0) is 30.7 Å². The minimum atomic E-state index is -0.146. The number of hydrogen-bond acceptors (Lipinski definition) is 4. The van der Waals surface area contributed by atoms with Gasteiger partial charge in [-0.25, -0.2) is 4.98 Å². The van der Waals surface area contributed by atoms with Crippen LogP contribution < -0.4 is 5.32 Å². The summed E-state index contributed by atoms with van der Waals surface area (Å²) in [5.74, 6) is -0.146. The summed E-state index contributed by atoms with van der Waals surface area (Å²) in [5, 5.41) is 3.81. The first-order valence-electron chi connectivity index (χ1n) is 8.20. The van der Waals surface area contributed by atoms with Crippen molar-refractivity contribution in [2.45, 2.75) is 13.0 Å². The van der Waals surface area contributed by atoms with Crippen LogP contribution in [-0.2, 0) is 6.54 Å². The standard InChI is InChI=1S/C19H17N5O/c25-19(15-12-20-11-14-5-3-8-21-18(14)15)22-9-4-10-24-13-23-16-6-1-2-7-17(16)24/h1-3,5-8,11-13H,4,9-10H2,(H,22,25). The average Bonchev–Trinajstić information content (AvgIpc) is 3.08. The van der Waals surface area contributed by atoms with Gasteiger partial charge in [0.25, 0.3) is 5.91 Å². The number of carbonyl (C=O) groups is 1. The molecule has 4 aromatic rings. The van der Waals surface area contributed by atoms with E-state index in [2.05, 4.69) is 24.8 Å². The minimum absolute atomic E-state index is 0.146. The van der Waals surface area contributed by atoms with E-state index in [1.165, 1.54) is 0 Å². The van der Waals surface area contributed by atoms with Crippen molar-refractivity contribution in [3.63, 3.8) is 0 Å². The smallest absolute Gasteiger partial charge is 0.255 e. The second kappa shape index (κ2) is 6.68. The minimum Gasteiger partial charge on any atom is -0.352 e. The first kappa shape index (κ1) is 15.3. The molecule has 0 aliphatic rings. The molecule has 0 atom stereocenters. The lowest BCUT2D eigenvalue weighted by atomic mass is 10.1. The van der Waals surface area contributed by atoms with Crippen LogP contribution in [0.3, 0.4) is 0 Å². The quantitative estimate of drug-likeness (QED) is 0.571. The Labute approximate surface area is 144 Å². The summed E-state index contributed by atoms with van der Waals surface area (Å²) in [6.45, 7) is 1.38. The number of fused-ring (bicyclic) bond motifs is 2. The maximum atomic E-state index is 12.4. The van der Waals surface area contributed by atoms with E-state index in [0.717, 1.165) is 29.4 Å². The topological polar surface area (TPSA) is 72.7 Å². The second-order valence-corrected chi connectivity index (χ2v) is 5.80. The SMILES string of the molecule is O=C(NCCCn1cnc2ccccc21)c1cncc2cccnc12. The highest BCUT2D eigenvalue weighted by Gasteiger charge is 2.11. The van der Waals surface area contributed by atoms with Gasteiger partial charge in [0.2, 0.25) is 0 Å². The van der Waals surface area contributed by atoms with Crippen LogP contribution in [0.5, 0.6) is 0 Å². The van der Waals surface area contributed by atoms with Crippen molar-refractivity contribution in [3.05, 3.63) is 66.9 Å². The molecule has 0 aliphatic carbocycles. The Morgan fingerprint density at radius 1 is 1.08 bits per heavy atom. The Bertz CT molecular complexity index is 1030. The Kier molecular flexibility index (Phi) is 4.08. The Balaban J connectivity index is 1.39. The van der Waals surface area contributed by atoms with Gasteiger partial charge in [-0.2, -0.15) is 0 Å². The molecule has 6 heteroatoms. The van der Waals surface area contributed by atoms with Crippen LogP contribution in [0.15, 0.2) is 61.3 Å². The zero-order valence-electron chi connectivity index (χ0n) is 13.6. The van der Waals surface area contributed by atoms with Crippen LogP contribution in [-0.4, -0.2) is 32.0 Å². The van der Waals surface area contributed by atoms with Gasteiger partial charge < -0.3 is 9.88 Å². The number of benzene rings is 1. The summed E-state index contributed by atoms with van der Waals surface area (Å²) >= 11 is 0. The van der Waals surface area contributed by atoms with Crippen LogP contribution in [0, 0.1) is 0 Å². The normalized spacial score (nSPS) is 11.0. The van der Waals surface area contributed by atoms with E-state index in [1.807, 2.05) is 42.7 Å². The Morgan fingerprint density at radius 2 is 2.00 bits per heavy atom. The summed E-state index contributed by atoms with van der Waals surface area (Å²) in [6.07, 6.45) is 7.61. The van der Waals surface area contributed by atoms with Crippen LogP contribution >= 0.6 is 0 Å². The van der Waals surface area contributed by atoms with Gasteiger partial charge in [0.1, 0.15) is 0 Å². The highest BCUT2D eigenvalue weighted by atomic mass is 16.1. The van der Waals surface area contributed by atoms with Gasteiger partial charge in [0.15, 0.2) is 0 Å². The summed E-state index contributed by atoms with van der Waals surface area (Å²) in [4.78, 5) is 25.2. The number of hydrogen-bond donors (Lipinski definition) is 1. The zero-order valence-corrected chi connectivity index (χ0v) is 13.6. The molecule has 0 radical (unpaired) electrons. The molecule has 124 valence electrons. The fraction of sp³-hybridized carbons (Fsp3) is 0.158. The predicted molar refractivity (Wildman–Crippen MR) is 96.2 cm³/mol. The van der Waals surface area contributed by atoms with Gasteiger partial charge in [-0.3, -0.25) is 14.8 Å². The van der Waals surface area contributed by atoms with Crippen molar-refractivity contribution < 1.29 is 4.79 Å². The van der Waals surface area contributed by atoms with E-state index >= 15 is 0 Å². The number of aromatic nitrogens is 4. The number of amides is 1. The summed E-state index contributed by atoms with van der Waals surface area (Å²) < 4.78 is 2.10. The number of para-hydroxylation sites is 2. The first-order chi connectivity index (χ1) is 12.3. The van der Waals surface area contributed by atoms with Crippen LogP contribution in [0.2, 0.25) is 0 Å². The summed E-state index contributed by atoms with van der Waals surface area (Å²) in [5.41, 5.74) is 3.28. The number of nitrogens with one attached hydrogen (secondary N) is 1. The fourth-order valence-electron chi connectivity index (χ4n) is 2.90. The molecule has 1 N–H and O–H groups in total. The monoisotopic (exact) mass is 331 g/mol. The molecule has 0 saturated carbocycles. The largest absolute Gasteiger partial charge is 0.352 e. The molecule has 3 aromatic heterocycles. The van der Waals surface area contributed by atoms with Crippen molar-refractivity contribution in [2.75, 3.05) is 6.54 Å². The molecule has 0 bridgehead atoms. The third kappa shape index (κ3) is 3.06. The second-order valence-electron chi connectivity index (χ2n) is 5.80. The zero-order chi connectivity index (χ0) is 17.1. The molecular weight excluding hydrogens is 314 g/mol. The predicted octanol–water partition coefficient (Wildman–Crippen LogP) is 2.80. The van der Waals surface area contributed by atoms with E-state index in [4.69, 9.17) is 0 Å². The van der Waals surface area contributed by atoms with Crippen LogP contribution in [0.25, 0.3) is 21.9 Å². The molecule has 0 saturated heterocycles. The molecule has 0 spiro atoms. The number of imidazole rings is 1. The maximum Gasteiger partial charge on any atom is 0.255 e. The van der Waals surface area contributed by atoms with Gasteiger partial charge in [0, 0.05) is 37.1 Å².